The van der Waals surface area contributed by atoms with Gasteiger partial charge in [0.05, 0.1) is 12.7 Å². The first kappa shape index (κ1) is 16.8. The summed E-state index contributed by atoms with van der Waals surface area (Å²) in [4.78, 5) is 22.5. The largest absolute Gasteiger partial charge is 0.497 e. The number of methoxy groups -OCH3 is 1. The highest BCUT2D eigenvalue weighted by Crippen LogP contribution is 2.19. The van der Waals surface area contributed by atoms with E-state index >= 15 is 0 Å². The first-order valence-corrected chi connectivity index (χ1v) is 6.87. The average Bonchev–Trinajstić information content (AvgIpc) is 2.44. The summed E-state index contributed by atoms with van der Waals surface area (Å²) in [5, 5.41) is 11.4. The van der Waals surface area contributed by atoms with Crippen LogP contribution < -0.4 is 15.8 Å². The Hall–Kier alpha value is -2.24. The van der Waals surface area contributed by atoms with E-state index in [0.717, 1.165) is 6.42 Å². The van der Waals surface area contributed by atoms with E-state index in [4.69, 9.17) is 15.6 Å². The second-order valence-corrected chi connectivity index (χ2v) is 5.04. The van der Waals surface area contributed by atoms with Crippen molar-refractivity contribution >= 4 is 17.6 Å². The van der Waals surface area contributed by atoms with E-state index in [1.54, 1.807) is 18.2 Å². The molecule has 0 aliphatic carbocycles. The number of hydrogen-bond acceptors (Lipinski definition) is 4. The van der Waals surface area contributed by atoms with Crippen molar-refractivity contribution in [3.63, 3.8) is 0 Å². The molecule has 1 rings (SSSR count). The van der Waals surface area contributed by atoms with Crippen molar-refractivity contribution < 1.29 is 19.4 Å². The van der Waals surface area contributed by atoms with Gasteiger partial charge in [0, 0.05) is 24.7 Å². The number of amides is 1. The van der Waals surface area contributed by atoms with Gasteiger partial charge in [0.2, 0.25) is 0 Å². The van der Waals surface area contributed by atoms with E-state index < -0.39 is 5.97 Å². The van der Waals surface area contributed by atoms with Crippen LogP contribution in [0, 0.1) is 5.92 Å². The Labute approximate surface area is 124 Å². The molecule has 116 valence electrons. The molecule has 0 radical (unpaired) electrons. The second kappa shape index (κ2) is 8.14. The van der Waals surface area contributed by atoms with Crippen molar-refractivity contribution in [2.75, 3.05) is 19.4 Å². The Balaban J connectivity index is 2.42. The highest BCUT2D eigenvalue weighted by molar-refractivity contribution is 5.99. The van der Waals surface area contributed by atoms with Crippen molar-refractivity contribution in [3.8, 4) is 5.75 Å². The van der Waals surface area contributed by atoms with Crippen LogP contribution in [0.5, 0.6) is 5.75 Å². The van der Waals surface area contributed by atoms with Crippen molar-refractivity contribution in [1.29, 1.82) is 0 Å². The minimum absolute atomic E-state index is 0.153. The number of anilines is 1. The third-order valence-corrected chi connectivity index (χ3v) is 3.28. The Bertz CT molecular complexity index is 502. The van der Waals surface area contributed by atoms with E-state index in [-0.39, 0.29) is 18.2 Å². The Kier molecular flexibility index (Phi) is 6.52. The number of carbonyl (C=O) groups excluding carboxylic acids is 1. The Morgan fingerprint density at radius 2 is 2.10 bits per heavy atom. The van der Waals surface area contributed by atoms with Crippen LogP contribution in [0.3, 0.4) is 0 Å². The van der Waals surface area contributed by atoms with Crippen LogP contribution in [0.2, 0.25) is 0 Å². The Morgan fingerprint density at radius 1 is 1.38 bits per heavy atom. The lowest BCUT2D eigenvalue weighted by atomic mass is 10.0. The van der Waals surface area contributed by atoms with Crippen molar-refractivity contribution in [2.45, 2.75) is 26.2 Å². The SMILES string of the molecule is COc1ccc(C(=O)NCCC(C)CCC(=O)O)c(N)c1. The molecule has 0 heterocycles. The topological polar surface area (TPSA) is 102 Å². The lowest BCUT2D eigenvalue weighted by Gasteiger charge is -2.12. The zero-order valence-electron chi connectivity index (χ0n) is 12.4. The number of nitrogen functional groups attached to an aromatic ring is 1. The van der Waals surface area contributed by atoms with E-state index in [9.17, 15) is 9.59 Å². The summed E-state index contributed by atoms with van der Waals surface area (Å²) in [5.41, 5.74) is 6.58. The van der Waals surface area contributed by atoms with Crippen LogP contribution in [0.15, 0.2) is 18.2 Å². The Morgan fingerprint density at radius 3 is 2.67 bits per heavy atom. The highest BCUT2D eigenvalue weighted by atomic mass is 16.5. The van der Waals surface area contributed by atoms with E-state index in [2.05, 4.69) is 5.32 Å². The fourth-order valence-corrected chi connectivity index (χ4v) is 1.92. The molecular formula is C15H22N2O4. The fourth-order valence-electron chi connectivity index (χ4n) is 1.92. The molecule has 4 N–H and O–H groups in total. The molecule has 0 aliphatic heterocycles. The molecule has 21 heavy (non-hydrogen) atoms. The molecule has 1 unspecified atom stereocenters. The van der Waals surface area contributed by atoms with Gasteiger partial charge in [-0.1, -0.05) is 6.92 Å². The van der Waals surface area contributed by atoms with Gasteiger partial charge in [-0.05, 0) is 30.9 Å². The number of nitrogens with one attached hydrogen (secondary N) is 1. The van der Waals surface area contributed by atoms with Gasteiger partial charge in [0.1, 0.15) is 5.75 Å². The number of nitrogens with two attached hydrogens (primary N) is 1. The van der Waals surface area contributed by atoms with Crippen LogP contribution in [0.25, 0.3) is 0 Å². The number of hydrogen-bond donors (Lipinski definition) is 3. The third kappa shape index (κ3) is 5.72. The van der Waals surface area contributed by atoms with Crippen molar-refractivity contribution in [1.82, 2.24) is 5.32 Å². The maximum absolute atomic E-state index is 12.0. The fraction of sp³-hybridized carbons (Fsp3) is 0.467. The van der Waals surface area contributed by atoms with Crippen LogP contribution in [0.1, 0.15) is 36.5 Å². The van der Waals surface area contributed by atoms with Gasteiger partial charge >= 0.3 is 5.97 Å². The minimum atomic E-state index is -0.795. The summed E-state index contributed by atoms with van der Waals surface area (Å²) >= 11 is 0. The quantitative estimate of drug-likeness (QED) is 0.636. The van der Waals surface area contributed by atoms with Gasteiger partial charge in [-0.15, -0.1) is 0 Å². The number of carbonyl (C=O) groups is 2. The lowest BCUT2D eigenvalue weighted by molar-refractivity contribution is -0.137. The number of benzene rings is 1. The number of ether oxygens (including phenoxy) is 1. The van der Waals surface area contributed by atoms with Crippen LogP contribution >= 0.6 is 0 Å². The normalized spacial score (nSPS) is 11.7. The zero-order valence-corrected chi connectivity index (χ0v) is 12.4. The van der Waals surface area contributed by atoms with Crippen LogP contribution in [-0.2, 0) is 4.79 Å². The van der Waals surface area contributed by atoms with Crippen molar-refractivity contribution in [3.05, 3.63) is 23.8 Å². The van der Waals surface area contributed by atoms with E-state index in [1.807, 2.05) is 6.92 Å². The molecule has 6 nitrogen and oxygen atoms in total. The summed E-state index contributed by atoms with van der Waals surface area (Å²) in [6.07, 6.45) is 1.49. The molecular weight excluding hydrogens is 272 g/mol. The summed E-state index contributed by atoms with van der Waals surface area (Å²) in [5.74, 6) is -0.182. The molecule has 6 heteroatoms. The smallest absolute Gasteiger partial charge is 0.303 e. The molecule has 0 aromatic heterocycles. The van der Waals surface area contributed by atoms with Crippen molar-refractivity contribution in [2.24, 2.45) is 5.92 Å². The number of rotatable bonds is 8. The molecule has 1 aromatic rings. The van der Waals surface area contributed by atoms with Crippen LogP contribution in [-0.4, -0.2) is 30.6 Å². The summed E-state index contributed by atoms with van der Waals surface area (Å²) in [7, 11) is 1.53. The molecule has 0 bridgehead atoms. The third-order valence-electron chi connectivity index (χ3n) is 3.28. The molecule has 0 saturated carbocycles. The predicted molar refractivity (Wildman–Crippen MR) is 80.4 cm³/mol. The van der Waals surface area contributed by atoms with E-state index in [1.165, 1.54) is 7.11 Å². The maximum Gasteiger partial charge on any atom is 0.303 e. The van der Waals surface area contributed by atoms with Gasteiger partial charge in [0.15, 0.2) is 0 Å². The van der Waals surface area contributed by atoms with Gasteiger partial charge < -0.3 is 20.9 Å². The number of carboxylic acids is 1. The second-order valence-electron chi connectivity index (χ2n) is 5.04. The molecule has 1 atom stereocenters. The zero-order chi connectivity index (χ0) is 15.8. The van der Waals surface area contributed by atoms with Gasteiger partial charge in [-0.25, -0.2) is 0 Å². The predicted octanol–water partition coefficient (Wildman–Crippen LogP) is 1.90. The molecule has 0 saturated heterocycles. The average molecular weight is 294 g/mol. The van der Waals surface area contributed by atoms with E-state index in [0.29, 0.717) is 30.0 Å². The standard InChI is InChI=1S/C15H22N2O4/c1-10(3-6-14(18)19)7-8-17-15(20)12-5-4-11(21-2)9-13(12)16/h4-5,9-10H,3,6-8,16H2,1-2H3,(H,17,20)(H,18,19). The summed E-state index contributed by atoms with van der Waals surface area (Å²) in [6, 6.07) is 4.91. The maximum atomic E-state index is 12.0. The van der Waals surface area contributed by atoms with Gasteiger partial charge in [-0.3, -0.25) is 9.59 Å². The molecule has 1 amide bonds. The lowest BCUT2D eigenvalue weighted by Crippen LogP contribution is -2.26. The highest BCUT2D eigenvalue weighted by Gasteiger charge is 2.11. The van der Waals surface area contributed by atoms with Gasteiger partial charge in [-0.2, -0.15) is 0 Å². The molecule has 1 aromatic carbocycles. The first-order chi connectivity index (χ1) is 9.93. The molecule has 0 aliphatic rings. The number of aliphatic carboxylic acids is 1. The monoisotopic (exact) mass is 294 g/mol. The molecule has 0 spiro atoms. The van der Waals surface area contributed by atoms with Crippen LogP contribution in [0.4, 0.5) is 5.69 Å². The number of carboxylic acid groups (broad SMARTS) is 1. The first-order valence-electron chi connectivity index (χ1n) is 6.87. The molecule has 0 fully saturated rings. The minimum Gasteiger partial charge on any atom is -0.497 e. The van der Waals surface area contributed by atoms with Gasteiger partial charge in [0.25, 0.3) is 5.91 Å². The summed E-state index contributed by atoms with van der Waals surface area (Å²) < 4.78 is 5.03. The summed E-state index contributed by atoms with van der Waals surface area (Å²) in [6.45, 7) is 2.46.